The van der Waals surface area contributed by atoms with Crippen molar-refractivity contribution in [3.8, 4) is 17.2 Å². The third kappa shape index (κ3) is 22.7. The van der Waals surface area contributed by atoms with Crippen molar-refractivity contribution in [2.75, 3.05) is 92.9 Å². The lowest BCUT2D eigenvalue weighted by atomic mass is 10.2. The van der Waals surface area contributed by atoms with Crippen molar-refractivity contribution >= 4 is 12.1 Å². The Labute approximate surface area is 351 Å². The van der Waals surface area contributed by atoms with Crippen molar-refractivity contribution in [3.05, 3.63) is 89.5 Å². The van der Waals surface area contributed by atoms with Crippen molar-refractivity contribution in [2.45, 2.75) is 65.0 Å². The van der Waals surface area contributed by atoms with Crippen LogP contribution in [-0.4, -0.2) is 127 Å². The summed E-state index contributed by atoms with van der Waals surface area (Å²) in [5, 5.41) is 10.9. The van der Waals surface area contributed by atoms with Crippen LogP contribution in [0, 0.1) is 11.6 Å². The monoisotopic (exact) mass is 849 g/mol. The largest absolute Gasteiger partial charge is 0.491 e. The average molecular weight is 850 g/mol. The maximum absolute atomic E-state index is 13.5. The van der Waals surface area contributed by atoms with E-state index in [-0.39, 0.29) is 63.7 Å². The van der Waals surface area contributed by atoms with E-state index in [1.165, 1.54) is 29.2 Å². The molecule has 0 radical (unpaired) electrons. The summed E-state index contributed by atoms with van der Waals surface area (Å²) in [6, 6.07) is 16.7. The number of nitrogens with zero attached hydrogens (tertiary/aromatic N) is 1. The van der Waals surface area contributed by atoms with Gasteiger partial charge < -0.3 is 57.4 Å². The van der Waals surface area contributed by atoms with Gasteiger partial charge in [0.1, 0.15) is 48.9 Å². The molecule has 3 aromatic carbocycles. The molecule has 0 aliphatic heterocycles. The highest BCUT2D eigenvalue weighted by atomic mass is 19.1. The number of benzene rings is 3. The minimum Gasteiger partial charge on any atom is -0.491 e. The summed E-state index contributed by atoms with van der Waals surface area (Å²) in [6.45, 7) is 9.07. The average Bonchev–Trinajstić information content (AvgIpc) is 3.21. The highest BCUT2D eigenvalue weighted by Crippen LogP contribution is 2.33. The Balaban J connectivity index is 1.38. The van der Waals surface area contributed by atoms with Crippen LogP contribution >= 0.6 is 0 Å². The molecule has 0 spiro atoms. The highest BCUT2D eigenvalue weighted by Gasteiger charge is 2.24. The van der Waals surface area contributed by atoms with E-state index in [4.69, 9.17) is 47.4 Å². The van der Waals surface area contributed by atoms with E-state index in [2.05, 4.69) is 0 Å². The Morgan fingerprint density at radius 1 is 0.667 bits per heavy atom. The zero-order valence-corrected chi connectivity index (χ0v) is 35.2. The van der Waals surface area contributed by atoms with Crippen molar-refractivity contribution in [1.29, 1.82) is 0 Å². The Kier molecular flexibility index (Phi) is 23.9. The molecule has 0 heterocycles. The molecule has 0 saturated heterocycles. The second-order valence-electron chi connectivity index (χ2n) is 14.4. The molecule has 60 heavy (non-hydrogen) atoms. The Morgan fingerprint density at radius 2 is 1.22 bits per heavy atom. The van der Waals surface area contributed by atoms with Crippen LogP contribution in [0.3, 0.4) is 0 Å². The van der Waals surface area contributed by atoms with Crippen LogP contribution in [-0.2, 0) is 51.2 Å². The summed E-state index contributed by atoms with van der Waals surface area (Å²) in [5.41, 5.74) is 0.715. The SMILES string of the molecule is COCCCOC(=O)CCCOCCOCCOCCOCCN(C[C@@H](O)COc1ccc(OCc2ccc(F)cc2)c(OCc2ccc(F)cc2)c1)C(=O)OC(C)(C)C. The van der Waals surface area contributed by atoms with Crippen LogP contribution in [0.4, 0.5) is 13.6 Å². The molecule has 0 saturated carbocycles. The minimum atomic E-state index is -1.09. The summed E-state index contributed by atoms with van der Waals surface area (Å²) in [6.07, 6.45) is -0.154. The van der Waals surface area contributed by atoms with Crippen molar-refractivity contribution in [3.63, 3.8) is 0 Å². The topological polar surface area (TPSA) is 150 Å². The van der Waals surface area contributed by atoms with E-state index < -0.39 is 17.8 Å². The van der Waals surface area contributed by atoms with Gasteiger partial charge in [-0.25, -0.2) is 13.6 Å². The van der Waals surface area contributed by atoms with Crippen molar-refractivity contribution < 1.29 is 70.8 Å². The number of esters is 1. The molecule has 1 atom stereocenters. The fourth-order valence-corrected chi connectivity index (χ4v) is 5.09. The predicted molar refractivity (Wildman–Crippen MR) is 217 cm³/mol. The van der Waals surface area contributed by atoms with Crippen LogP contribution in [0.1, 0.15) is 51.2 Å². The molecule has 1 amide bonds. The fraction of sp³-hybridized carbons (Fsp3) is 0.545. The van der Waals surface area contributed by atoms with Gasteiger partial charge in [0.05, 0.1) is 59.4 Å². The number of hydrogen-bond acceptors (Lipinski definition) is 13. The summed E-state index contributed by atoms with van der Waals surface area (Å²) in [7, 11) is 1.60. The summed E-state index contributed by atoms with van der Waals surface area (Å²) in [5.74, 6) is 0.128. The van der Waals surface area contributed by atoms with Gasteiger partial charge in [-0.2, -0.15) is 0 Å². The molecule has 0 bridgehead atoms. The van der Waals surface area contributed by atoms with Crippen molar-refractivity contribution in [2.24, 2.45) is 0 Å². The number of amides is 1. The molecule has 1 N–H and O–H groups in total. The van der Waals surface area contributed by atoms with Crippen LogP contribution in [0.15, 0.2) is 66.7 Å². The number of ether oxygens (including phenoxy) is 10. The van der Waals surface area contributed by atoms with Gasteiger partial charge in [0.25, 0.3) is 0 Å². The molecule has 3 aromatic rings. The minimum absolute atomic E-state index is 0.0928. The summed E-state index contributed by atoms with van der Waals surface area (Å²) < 4.78 is 82.5. The van der Waals surface area contributed by atoms with E-state index in [1.54, 1.807) is 70.3 Å². The normalized spacial score (nSPS) is 11.8. The predicted octanol–water partition coefficient (Wildman–Crippen LogP) is 6.53. The number of carbonyl (C=O) groups is 2. The summed E-state index contributed by atoms with van der Waals surface area (Å²) in [4.78, 5) is 26.0. The molecule has 0 aliphatic rings. The molecular weight excluding hydrogens is 788 g/mol. The van der Waals surface area contributed by atoms with E-state index >= 15 is 0 Å². The van der Waals surface area contributed by atoms with Gasteiger partial charge in [-0.1, -0.05) is 24.3 Å². The molecule has 3 rings (SSSR count). The quantitative estimate of drug-likeness (QED) is 0.0553. The summed E-state index contributed by atoms with van der Waals surface area (Å²) >= 11 is 0. The zero-order chi connectivity index (χ0) is 43.4. The third-order valence-electron chi connectivity index (χ3n) is 8.10. The molecular formula is C44H61F2NO13. The number of carbonyl (C=O) groups excluding carboxylic acids is 2. The first-order valence-corrected chi connectivity index (χ1v) is 20.0. The van der Waals surface area contributed by atoms with Gasteiger partial charge in [0, 0.05) is 45.8 Å². The lowest BCUT2D eigenvalue weighted by Gasteiger charge is -2.29. The smallest absolute Gasteiger partial charge is 0.410 e. The first-order valence-electron chi connectivity index (χ1n) is 20.0. The van der Waals surface area contributed by atoms with Gasteiger partial charge in [0.2, 0.25) is 0 Å². The van der Waals surface area contributed by atoms with Crippen LogP contribution in [0.25, 0.3) is 0 Å². The first kappa shape index (κ1) is 49.8. The number of aliphatic hydroxyl groups is 1. The lowest BCUT2D eigenvalue weighted by molar-refractivity contribution is -0.144. The van der Waals surface area contributed by atoms with E-state index in [1.807, 2.05) is 0 Å². The Morgan fingerprint density at radius 3 is 1.78 bits per heavy atom. The highest BCUT2D eigenvalue weighted by molar-refractivity contribution is 5.69. The van der Waals surface area contributed by atoms with Gasteiger partial charge in [-0.05, 0) is 74.7 Å². The zero-order valence-electron chi connectivity index (χ0n) is 35.2. The second kappa shape index (κ2) is 28.8. The number of hydrogen-bond donors (Lipinski definition) is 1. The maximum Gasteiger partial charge on any atom is 0.410 e. The number of aliphatic hydroxyl groups excluding tert-OH is 1. The molecule has 16 heteroatoms. The van der Waals surface area contributed by atoms with E-state index in [0.717, 1.165) is 11.1 Å². The molecule has 0 aromatic heterocycles. The second-order valence-corrected chi connectivity index (χ2v) is 14.4. The van der Waals surface area contributed by atoms with E-state index in [9.17, 15) is 23.5 Å². The molecule has 0 aliphatic carbocycles. The van der Waals surface area contributed by atoms with Gasteiger partial charge in [-0.15, -0.1) is 0 Å². The van der Waals surface area contributed by atoms with E-state index in [0.29, 0.717) is 89.4 Å². The number of rotatable bonds is 31. The number of methoxy groups -OCH3 is 1. The maximum atomic E-state index is 13.5. The molecule has 14 nitrogen and oxygen atoms in total. The molecule has 0 fully saturated rings. The van der Waals surface area contributed by atoms with Crippen LogP contribution < -0.4 is 14.2 Å². The first-order chi connectivity index (χ1) is 28.9. The Hall–Kier alpha value is -4.58. The molecule has 0 unspecified atom stereocenters. The van der Waals surface area contributed by atoms with Gasteiger partial charge in [0.15, 0.2) is 11.5 Å². The fourth-order valence-electron chi connectivity index (χ4n) is 5.09. The van der Waals surface area contributed by atoms with Gasteiger partial charge in [-0.3, -0.25) is 4.79 Å². The third-order valence-corrected chi connectivity index (χ3v) is 8.10. The van der Waals surface area contributed by atoms with Gasteiger partial charge >= 0.3 is 12.1 Å². The Bertz CT molecular complexity index is 1620. The standard InChI is InChI=1S/C44H61F2NO13/c1-44(2,3)60-43(50)47(18-22-53-24-26-55-28-27-54-25-23-52-20-5-7-42(49)56-21-6-19-51-4)30-38(48)33-57-39-16-17-40(58-31-34-8-12-36(45)13-9-34)41(29-39)59-32-35-10-14-37(46)15-11-35/h8-17,29,38,48H,5-7,18-28,30-33H2,1-4H3/t38-/m1/s1. The van der Waals surface area contributed by atoms with Crippen LogP contribution in [0.2, 0.25) is 0 Å². The van der Waals surface area contributed by atoms with Crippen molar-refractivity contribution in [1.82, 2.24) is 4.90 Å². The lowest BCUT2D eigenvalue weighted by Crippen LogP contribution is -2.44. The molecule has 334 valence electrons. The number of halogens is 2. The van der Waals surface area contributed by atoms with Crippen LogP contribution in [0.5, 0.6) is 17.2 Å².